The highest BCUT2D eigenvalue weighted by Crippen LogP contribution is 2.29. The number of aryl methyl sites for hydroxylation is 1. The number of benzene rings is 1. The molecular weight excluding hydrogens is 312 g/mol. The number of aromatic nitrogens is 3. The van der Waals surface area contributed by atoms with Crippen LogP contribution >= 0.6 is 11.6 Å². The van der Waals surface area contributed by atoms with Gasteiger partial charge in [0, 0.05) is 16.9 Å². The predicted octanol–water partition coefficient (Wildman–Crippen LogP) is 3.90. The molecule has 2 aromatic heterocycles. The Kier molecular flexibility index (Phi) is 4.25. The first-order chi connectivity index (χ1) is 11.1. The first-order valence-corrected chi connectivity index (χ1v) is 7.33. The first kappa shape index (κ1) is 15.1. The van der Waals surface area contributed by atoms with Crippen LogP contribution < -0.4 is 16.4 Å². The van der Waals surface area contributed by atoms with Gasteiger partial charge in [0.15, 0.2) is 11.6 Å². The van der Waals surface area contributed by atoms with Crippen LogP contribution in [0.5, 0.6) is 0 Å². The van der Waals surface area contributed by atoms with Crippen molar-refractivity contribution in [2.75, 3.05) is 16.4 Å². The lowest BCUT2D eigenvalue weighted by atomic mass is 10.2. The van der Waals surface area contributed by atoms with Gasteiger partial charge in [-0.1, -0.05) is 17.7 Å². The molecule has 23 heavy (non-hydrogen) atoms. The zero-order valence-electron chi connectivity index (χ0n) is 12.4. The topological polar surface area (TPSA) is 88.8 Å². The largest absolute Gasteiger partial charge is 0.393 e. The summed E-state index contributed by atoms with van der Waals surface area (Å²) in [5.41, 5.74) is 8.44. The number of anilines is 5. The van der Waals surface area contributed by atoms with Gasteiger partial charge in [-0.05, 0) is 42.8 Å². The maximum Gasteiger partial charge on any atom is 0.160 e. The minimum Gasteiger partial charge on any atom is -0.393 e. The Hall–Kier alpha value is -2.86. The second kappa shape index (κ2) is 6.50. The zero-order chi connectivity index (χ0) is 16.2. The number of hydrogen-bond acceptors (Lipinski definition) is 6. The third-order valence-corrected chi connectivity index (χ3v) is 3.47. The maximum atomic E-state index is 6.16. The molecule has 0 aliphatic carbocycles. The molecule has 0 aliphatic heterocycles. The Morgan fingerprint density at radius 1 is 1.00 bits per heavy atom. The quantitative estimate of drug-likeness (QED) is 0.673. The first-order valence-electron chi connectivity index (χ1n) is 6.95. The molecule has 0 aliphatic rings. The van der Waals surface area contributed by atoms with E-state index in [1.807, 2.05) is 37.3 Å². The van der Waals surface area contributed by atoms with E-state index < -0.39 is 0 Å². The number of nitrogens with zero attached hydrogens (tertiary/aromatic N) is 3. The molecule has 0 bridgehead atoms. The van der Waals surface area contributed by atoms with Crippen LogP contribution in [-0.4, -0.2) is 15.0 Å². The smallest absolute Gasteiger partial charge is 0.160 e. The monoisotopic (exact) mass is 326 g/mol. The van der Waals surface area contributed by atoms with Crippen molar-refractivity contribution in [2.45, 2.75) is 6.92 Å². The summed E-state index contributed by atoms with van der Waals surface area (Å²) in [5, 5.41) is 6.95. The van der Waals surface area contributed by atoms with E-state index in [2.05, 4.69) is 25.6 Å². The lowest BCUT2D eigenvalue weighted by Gasteiger charge is -2.13. The summed E-state index contributed by atoms with van der Waals surface area (Å²) in [4.78, 5) is 12.6. The van der Waals surface area contributed by atoms with Crippen molar-refractivity contribution in [3.8, 4) is 0 Å². The van der Waals surface area contributed by atoms with Crippen LogP contribution in [0.2, 0.25) is 5.02 Å². The Labute approximate surface area is 138 Å². The summed E-state index contributed by atoms with van der Waals surface area (Å²) in [7, 11) is 0. The summed E-state index contributed by atoms with van der Waals surface area (Å²) in [6, 6.07) is 11.1. The van der Waals surface area contributed by atoms with Crippen molar-refractivity contribution >= 4 is 40.4 Å². The number of nitrogens with one attached hydrogen (secondary N) is 2. The lowest BCUT2D eigenvalue weighted by molar-refractivity contribution is 1.16. The minimum atomic E-state index is 0.410. The van der Waals surface area contributed by atoms with Gasteiger partial charge in [-0.3, -0.25) is 0 Å². The summed E-state index contributed by atoms with van der Waals surface area (Å²) in [6.45, 7) is 1.96. The molecule has 0 spiro atoms. The maximum absolute atomic E-state index is 6.16. The van der Waals surface area contributed by atoms with Gasteiger partial charge < -0.3 is 16.4 Å². The zero-order valence-corrected chi connectivity index (χ0v) is 13.2. The predicted molar refractivity (Wildman–Crippen MR) is 93.4 cm³/mol. The van der Waals surface area contributed by atoms with E-state index in [1.165, 1.54) is 6.33 Å². The molecule has 0 saturated carbocycles. The van der Waals surface area contributed by atoms with Gasteiger partial charge in [-0.15, -0.1) is 0 Å². The fourth-order valence-electron chi connectivity index (χ4n) is 2.05. The molecule has 0 amide bonds. The van der Waals surface area contributed by atoms with Crippen molar-refractivity contribution in [1.29, 1.82) is 0 Å². The fraction of sp³-hybridized carbons (Fsp3) is 0.0625. The molecule has 1 aromatic carbocycles. The number of hydrogen-bond donors (Lipinski definition) is 3. The molecule has 0 unspecified atom stereocenters. The third kappa shape index (κ3) is 3.49. The second-order valence-electron chi connectivity index (χ2n) is 4.91. The van der Waals surface area contributed by atoms with Crippen molar-refractivity contribution < 1.29 is 0 Å². The Bertz CT molecular complexity index is 822. The Morgan fingerprint density at radius 2 is 1.78 bits per heavy atom. The second-order valence-corrected chi connectivity index (χ2v) is 5.35. The van der Waals surface area contributed by atoms with Crippen LogP contribution in [0.3, 0.4) is 0 Å². The highest BCUT2D eigenvalue weighted by atomic mass is 35.5. The Morgan fingerprint density at radius 3 is 2.48 bits per heavy atom. The van der Waals surface area contributed by atoms with E-state index in [4.69, 9.17) is 17.3 Å². The molecule has 0 radical (unpaired) electrons. The van der Waals surface area contributed by atoms with Gasteiger partial charge in [-0.25, -0.2) is 15.0 Å². The molecule has 2 heterocycles. The summed E-state index contributed by atoms with van der Waals surface area (Å²) < 4.78 is 0. The van der Waals surface area contributed by atoms with Crippen molar-refractivity contribution in [3.63, 3.8) is 0 Å². The van der Waals surface area contributed by atoms with Gasteiger partial charge in [0.25, 0.3) is 0 Å². The van der Waals surface area contributed by atoms with Crippen molar-refractivity contribution in [3.05, 3.63) is 59.5 Å². The van der Waals surface area contributed by atoms with E-state index in [0.29, 0.717) is 28.2 Å². The van der Waals surface area contributed by atoms with Gasteiger partial charge in [0.2, 0.25) is 0 Å². The van der Waals surface area contributed by atoms with Crippen LogP contribution in [0.1, 0.15) is 5.56 Å². The van der Waals surface area contributed by atoms with E-state index >= 15 is 0 Å². The van der Waals surface area contributed by atoms with E-state index in [-0.39, 0.29) is 0 Å². The number of nitrogens with two attached hydrogens (primary N) is 1. The normalized spacial score (nSPS) is 10.3. The molecule has 0 atom stereocenters. The summed E-state index contributed by atoms with van der Waals surface area (Å²) in [5.74, 6) is 1.67. The Balaban J connectivity index is 1.87. The van der Waals surface area contributed by atoms with Crippen LogP contribution in [0.25, 0.3) is 0 Å². The average Bonchev–Trinajstić information content (AvgIpc) is 2.54. The highest BCUT2D eigenvalue weighted by molar-refractivity contribution is 6.30. The minimum absolute atomic E-state index is 0.410. The van der Waals surface area contributed by atoms with Crippen LogP contribution in [0.15, 0.2) is 48.9 Å². The molecule has 7 heteroatoms. The highest BCUT2D eigenvalue weighted by Gasteiger charge is 2.10. The summed E-state index contributed by atoms with van der Waals surface area (Å²) in [6.07, 6.45) is 3.13. The number of nitrogen functional groups attached to an aromatic ring is 1. The van der Waals surface area contributed by atoms with Gasteiger partial charge in [-0.2, -0.15) is 0 Å². The van der Waals surface area contributed by atoms with E-state index in [0.717, 1.165) is 11.3 Å². The number of pyridine rings is 1. The molecule has 3 rings (SSSR count). The average molecular weight is 327 g/mol. The van der Waals surface area contributed by atoms with E-state index in [1.54, 1.807) is 12.3 Å². The molecule has 6 nitrogen and oxygen atoms in total. The van der Waals surface area contributed by atoms with E-state index in [9.17, 15) is 0 Å². The third-order valence-electron chi connectivity index (χ3n) is 3.24. The molecule has 0 fully saturated rings. The van der Waals surface area contributed by atoms with Crippen molar-refractivity contribution in [2.24, 2.45) is 0 Å². The van der Waals surface area contributed by atoms with Crippen LogP contribution in [0.4, 0.5) is 28.8 Å². The number of rotatable bonds is 4. The molecular formula is C16H15ClN6. The fourth-order valence-corrected chi connectivity index (χ4v) is 2.27. The standard InChI is InChI=1S/C16H15ClN6/c1-10-8-11(17)5-6-12(10)22-15-14(18)16(21-9-20-15)23-13-4-2-3-7-19-13/h2-9H,18H2,1H3,(H2,19,20,21,22,23). The van der Waals surface area contributed by atoms with Gasteiger partial charge in [0.1, 0.15) is 17.8 Å². The molecule has 4 N–H and O–H groups in total. The molecule has 116 valence electrons. The number of halogens is 1. The molecule has 3 aromatic rings. The lowest BCUT2D eigenvalue weighted by Crippen LogP contribution is -2.06. The van der Waals surface area contributed by atoms with Gasteiger partial charge in [0.05, 0.1) is 0 Å². The SMILES string of the molecule is Cc1cc(Cl)ccc1Nc1ncnc(Nc2ccccn2)c1N. The summed E-state index contributed by atoms with van der Waals surface area (Å²) >= 11 is 5.97. The molecule has 0 saturated heterocycles. The van der Waals surface area contributed by atoms with Crippen molar-refractivity contribution in [1.82, 2.24) is 15.0 Å². The van der Waals surface area contributed by atoms with Crippen LogP contribution in [0, 0.1) is 6.92 Å². The van der Waals surface area contributed by atoms with Gasteiger partial charge >= 0.3 is 0 Å². The van der Waals surface area contributed by atoms with Crippen LogP contribution in [-0.2, 0) is 0 Å².